The van der Waals surface area contributed by atoms with Crippen LogP contribution in [0.25, 0.3) is 0 Å². The number of nitrogens with zero attached hydrogens (tertiary/aromatic N) is 1. The van der Waals surface area contributed by atoms with Crippen molar-refractivity contribution in [2.24, 2.45) is 0 Å². The van der Waals surface area contributed by atoms with E-state index in [9.17, 15) is 9.90 Å². The van der Waals surface area contributed by atoms with Gasteiger partial charge in [0.15, 0.2) is 0 Å². The highest BCUT2D eigenvalue weighted by Gasteiger charge is 2.28. The van der Waals surface area contributed by atoms with Gasteiger partial charge in [-0.25, -0.2) is 0 Å². The molecule has 5 heteroatoms. The van der Waals surface area contributed by atoms with Crippen molar-refractivity contribution >= 4 is 37.8 Å². The highest BCUT2D eigenvalue weighted by molar-refractivity contribution is 9.10. The molecule has 1 N–H and O–H groups in total. The Hall–Kier alpha value is -0.550. The highest BCUT2D eigenvalue weighted by Crippen LogP contribution is 2.27. The van der Waals surface area contributed by atoms with Crippen molar-refractivity contribution in [2.75, 3.05) is 11.9 Å². The number of carbonyl (C=O) groups is 1. The number of amides is 1. The van der Waals surface area contributed by atoms with Crippen LogP contribution in [0.15, 0.2) is 22.7 Å². The molecule has 0 aromatic heterocycles. The number of carbonyl (C=O) groups excluding carboxylic acids is 1. The van der Waals surface area contributed by atoms with E-state index in [1.54, 1.807) is 18.2 Å². The number of halogens is 2. The summed E-state index contributed by atoms with van der Waals surface area (Å²) < 4.78 is 0.802. The Morgan fingerprint density at radius 1 is 1.44 bits per heavy atom. The molecule has 2 rings (SSSR count). The van der Waals surface area contributed by atoms with E-state index in [-0.39, 0.29) is 17.7 Å². The van der Waals surface area contributed by atoms with Crippen LogP contribution in [-0.4, -0.2) is 33.8 Å². The summed E-state index contributed by atoms with van der Waals surface area (Å²) in [5.74, 6) is -0.0416. The molecule has 1 aliphatic rings. The van der Waals surface area contributed by atoms with Gasteiger partial charge in [-0.2, -0.15) is 0 Å². The number of rotatable bonds is 2. The molecule has 1 aromatic carbocycles. The zero-order chi connectivity index (χ0) is 13.1. The van der Waals surface area contributed by atoms with Gasteiger partial charge in [-0.05, 0) is 37.5 Å². The molecule has 18 heavy (non-hydrogen) atoms. The van der Waals surface area contributed by atoms with E-state index in [0.29, 0.717) is 5.56 Å². The van der Waals surface area contributed by atoms with Crippen LogP contribution in [0.5, 0.6) is 5.75 Å². The summed E-state index contributed by atoms with van der Waals surface area (Å²) in [6.45, 7) is 0.765. The number of benzene rings is 1. The first-order chi connectivity index (χ1) is 8.63. The van der Waals surface area contributed by atoms with E-state index >= 15 is 0 Å². The molecular formula is C13H15Br2NO2. The average molecular weight is 377 g/mol. The van der Waals surface area contributed by atoms with Crippen molar-refractivity contribution in [3.8, 4) is 5.75 Å². The molecule has 1 aromatic rings. The molecule has 1 saturated heterocycles. The summed E-state index contributed by atoms with van der Waals surface area (Å²) in [6, 6.07) is 5.18. The number of alkyl halides is 1. The van der Waals surface area contributed by atoms with Gasteiger partial charge in [-0.3, -0.25) is 4.79 Å². The van der Waals surface area contributed by atoms with Crippen molar-refractivity contribution in [2.45, 2.75) is 25.3 Å². The third-order valence-electron chi connectivity index (χ3n) is 3.26. The summed E-state index contributed by atoms with van der Waals surface area (Å²) in [5.41, 5.74) is 0.372. The van der Waals surface area contributed by atoms with E-state index < -0.39 is 0 Å². The molecule has 0 saturated carbocycles. The summed E-state index contributed by atoms with van der Waals surface area (Å²) in [7, 11) is 0. The lowest BCUT2D eigenvalue weighted by atomic mass is 10.0. The van der Waals surface area contributed by atoms with Crippen molar-refractivity contribution < 1.29 is 9.90 Å². The number of likely N-dealkylation sites (tertiary alicyclic amines) is 1. The Kier molecular flexibility index (Phi) is 4.67. The fourth-order valence-corrected chi connectivity index (χ4v) is 3.30. The summed E-state index contributed by atoms with van der Waals surface area (Å²) in [4.78, 5) is 14.3. The monoisotopic (exact) mass is 375 g/mol. The van der Waals surface area contributed by atoms with Crippen molar-refractivity contribution in [3.63, 3.8) is 0 Å². The Balaban J connectivity index is 2.26. The molecule has 98 valence electrons. The minimum Gasteiger partial charge on any atom is -0.507 e. The van der Waals surface area contributed by atoms with E-state index in [0.717, 1.165) is 35.6 Å². The van der Waals surface area contributed by atoms with Crippen LogP contribution >= 0.6 is 31.9 Å². The lowest BCUT2D eigenvalue weighted by Gasteiger charge is -2.35. The second-order valence-electron chi connectivity index (χ2n) is 4.46. The maximum absolute atomic E-state index is 12.5. The first kappa shape index (κ1) is 13.9. The second-order valence-corrected chi connectivity index (χ2v) is 6.03. The molecule has 1 amide bonds. The van der Waals surface area contributed by atoms with Crippen LogP contribution in [0.4, 0.5) is 0 Å². The smallest absolute Gasteiger partial charge is 0.257 e. The fraction of sp³-hybridized carbons (Fsp3) is 0.462. The lowest BCUT2D eigenvalue weighted by molar-refractivity contribution is 0.0639. The molecule has 0 spiro atoms. The number of aromatic hydroxyl groups is 1. The topological polar surface area (TPSA) is 40.5 Å². The van der Waals surface area contributed by atoms with Crippen LogP contribution in [0.3, 0.4) is 0 Å². The van der Waals surface area contributed by atoms with E-state index in [1.807, 2.05) is 4.90 Å². The van der Waals surface area contributed by atoms with Crippen LogP contribution < -0.4 is 0 Å². The van der Waals surface area contributed by atoms with Gasteiger partial charge in [-0.15, -0.1) is 0 Å². The van der Waals surface area contributed by atoms with Crippen LogP contribution in [0.2, 0.25) is 0 Å². The largest absolute Gasteiger partial charge is 0.507 e. The second kappa shape index (κ2) is 6.06. The molecule has 0 radical (unpaired) electrons. The standard InChI is InChI=1S/C13H15Br2NO2/c14-8-10-3-1-2-6-16(10)13(18)11-7-9(15)4-5-12(11)17/h4-5,7,10,17H,1-3,6,8H2. The highest BCUT2D eigenvalue weighted by atomic mass is 79.9. The zero-order valence-electron chi connectivity index (χ0n) is 9.90. The van der Waals surface area contributed by atoms with E-state index in [4.69, 9.17) is 0 Å². The Morgan fingerprint density at radius 2 is 2.22 bits per heavy atom. The van der Waals surface area contributed by atoms with Gasteiger partial charge in [-0.1, -0.05) is 31.9 Å². The van der Waals surface area contributed by atoms with Gasteiger partial charge in [0, 0.05) is 22.4 Å². The van der Waals surface area contributed by atoms with Crippen LogP contribution in [-0.2, 0) is 0 Å². The third kappa shape index (κ3) is 2.88. The Morgan fingerprint density at radius 3 is 2.94 bits per heavy atom. The maximum Gasteiger partial charge on any atom is 0.257 e. The normalized spacial score (nSPS) is 19.9. The molecule has 1 unspecified atom stereocenters. The minimum absolute atomic E-state index is 0.0436. The predicted octanol–water partition coefficient (Wildman–Crippen LogP) is 3.54. The molecule has 1 aliphatic heterocycles. The first-order valence-electron chi connectivity index (χ1n) is 5.99. The predicted molar refractivity (Wildman–Crippen MR) is 78.3 cm³/mol. The van der Waals surface area contributed by atoms with Gasteiger partial charge in [0.1, 0.15) is 5.75 Å². The Labute approximate surface area is 123 Å². The number of piperidine rings is 1. The molecule has 0 aliphatic carbocycles. The molecular weight excluding hydrogens is 362 g/mol. The van der Waals surface area contributed by atoms with Gasteiger partial charge < -0.3 is 10.0 Å². The van der Waals surface area contributed by atoms with Gasteiger partial charge >= 0.3 is 0 Å². The van der Waals surface area contributed by atoms with Crippen LogP contribution in [0, 0.1) is 0 Å². The SMILES string of the molecule is O=C(c1cc(Br)ccc1O)N1CCCCC1CBr. The minimum atomic E-state index is -0.0852. The molecule has 1 heterocycles. The molecule has 0 bridgehead atoms. The van der Waals surface area contributed by atoms with Gasteiger partial charge in [0.2, 0.25) is 0 Å². The molecule has 1 atom stereocenters. The lowest BCUT2D eigenvalue weighted by Crippen LogP contribution is -2.44. The summed E-state index contributed by atoms with van der Waals surface area (Å²) in [5, 5.41) is 10.6. The maximum atomic E-state index is 12.5. The molecule has 1 fully saturated rings. The first-order valence-corrected chi connectivity index (χ1v) is 7.90. The number of phenols is 1. The molecule has 3 nitrogen and oxygen atoms in total. The summed E-state index contributed by atoms with van der Waals surface area (Å²) in [6.07, 6.45) is 3.21. The van der Waals surface area contributed by atoms with E-state index in [2.05, 4.69) is 31.9 Å². The van der Waals surface area contributed by atoms with E-state index in [1.165, 1.54) is 0 Å². The van der Waals surface area contributed by atoms with Gasteiger partial charge in [0.25, 0.3) is 5.91 Å². The quantitative estimate of drug-likeness (QED) is 0.802. The van der Waals surface area contributed by atoms with Gasteiger partial charge in [0.05, 0.1) is 5.56 Å². The number of phenolic OH excluding ortho intramolecular Hbond substituents is 1. The number of hydrogen-bond acceptors (Lipinski definition) is 2. The number of hydrogen-bond donors (Lipinski definition) is 1. The van der Waals surface area contributed by atoms with Crippen molar-refractivity contribution in [1.82, 2.24) is 4.90 Å². The average Bonchev–Trinajstić information content (AvgIpc) is 2.40. The van der Waals surface area contributed by atoms with Crippen molar-refractivity contribution in [3.05, 3.63) is 28.2 Å². The van der Waals surface area contributed by atoms with Crippen LogP contribution in [0.1, 0.15) is 29.6 Å². The van der Waals surface area contributed by atoms with Crippen molar-refractivity contribution in [1.29, 1.82) is 0 Å². The third-order valence-corrected chi connectivity index (χ3v) is 4.50. The fourth-order valence-electron chi connectivity index (χ4n) is 2.26. The summed E-state index contributed by atoms with van der Waals surface area (Å²) >= 11 is 6.79. The Bertz CT molecular complexity index is 451. The zero-order valence-corrected chi connectivity index (χ0v) is 13.1.